The van der Waals surface area contributed by atoms with Crippen molar-refractivity contribution >= 4 is 0 Å². The molecule has 0 aromatic carbocycles. The maximum atomic E-state index is 12.0. The SMILES string of the molecule is CCCCCCCCCC(C)CCC(F)(F)F. The van der Waals surface area contributed by atoms with Gasteiger partial charge in [0.1, 0.15) is 0 Å². The lowest BCUT2D eigenvalue weighted by Gasteiger charge is -2.12. The molecular formula is C14H27F3. The van der Waals surface area contributed by atoms with E-state index in [0.717, 1.165) is 12.8 Å². The third kappa shape index (κ3) is 13.7. The van der Waals surface area contributed by atoms with E-state index in [9.17, 15) is 13.2 Å². The van der Waals surface area contributed by atoms with Crippen molar-refractivity contribution in [2.75, 3.05) is 0 Å². The summed E-state index contributed by atoms with van der Waals surface area (Å²) in [6.07, 6.45) is 5.31. The van der Waals surface area contributed by atoms with Crippen molar-refractivity contribution in [3.05, 3.63) is 0 Å². The normalized spacial score (nSPS) is 13.9. The molecule has 1 unspecified atom stereocenters. The number of hydrogen-bond acceptors (Lipinski definition) is 0. The molecule has 0 saturated heterocycles. The molecule has 0 amide bonds. The monoisotopic (exact) mass is 252 g/mol. The number of rotatable bonds is 10. The average molecular weight is 252 g/mol. The summed E-state index contributed by atoms with van der Waals surface area (Å²) in [5.74, 6) is 0.215. The lowest BCUT2D eigenvalue weighted by atomic mass is 9.97. The van der Waals surface area contributed by atoms with Crippen molar-refractivity contribution in [2.45, 2.75) is 84.2 Å². The third-order valence-corrected chi connectivity index (χ3v) is 3.22. The van der Waals surface area contributed by atoms with Gasteiger partial charge in [-0.2, -0.15) is 13.2 Å². The van der Waals surface area contributed by atoms with Crippen molar-refractivity contribution in [3.8, 4) is 0 Å². The number of unbranched alkanes of at least 4 members (excludes halogenated alkanes) is 6. The van der Waals surface area contributed by atoms with Crippen LogP contribution in [0.3, 0.4) is 0 Å². The number of halogens is 3. The minimum atomic E-state index is -3.98. The summed E-state index contributed by atoms with van der Waals surface area (Å²) in [5.41, 5.74) is 0. The van der Waals surface area contributed by atoms with Gasteiger partial charge in [-0.05, 0) is 12.3 Å². The Balaban J connectivity index is 3.25. The molecule has 0 aromatic heterocycles. The zero-order valence-electron chi connectivity index (χ0n) is 11.3. The molecule has 0 fully saturated rings. The summed E-state index contributed by atoms with van der Waals surface area (Å²) in [7, 11) is 0. The topological polar surface area (TPSA) is 0 Å². The summed E-state index contributed by atoms with van der Waals surface area (Å²) >= 11 is 0. The zero-order chi connectivity index (χ0) is 13.1. The lowest BCUT2D eigenvalue weighted by Crippen LogP contribution is -2.09. The van der Waals surface area contributed by atoms with Crippen LogP contribution >= 0.6 is 0 Å². The van der Waals surface area contributed by atoms with Crippen LogP contribution in [-0.2, 0) is 0 Å². The minimum Gasteiger partial charge on any atom is -0.171 e. The Morgan fingerprint density at radius 1 is 0.824 bits per heavy atom. The van der Waals surface area contributed by atoms with Gasteiger partial charge in [0.05, 0.1) is 0 Å². The van der Waals surface area contributed by atoms with E-state index in [1.165, 1.54) is 38.5 Å². The zero-order valence-corrected chi connectivity index (χ0v) is 11.3. The van der Waals surface area contributed by atoms with Crippen LogP contribution in [0.25, 0.3) is 0 Å². The molecule has 0 rings (SSSR count). The van der Waals surface area contributed by atoms with Crippen LogP contribution < -0.4 is 0 Å². The maximum absolute atomic E-state index is 12.0. The van der Waals surface area contributed by atoms with Gasteiger partial charge in [0, 0.05) is 6.42 Å². The van der Waals surface area contributed by atoms with E-state index in [1.54, 1.807) is 0 Å². The van der Waals surface area contributed by atoms with Gasteiger partial charge < -0.3 is 0 Å². The molecular weight excluding hydrogens is 225 g/mol. The van der Waals surface area contributed by atoms with Gasteiger partial charge >= 0.3 is 6.18 Å². The van der Waals surface area contributed by atoms with Gasteiger partial charge in [-0.3, -0.25) is 0 Å². The summed E-state index contributed by atoms with van der Waals surface area (Å²) in [6.45, 7) is 4.13. The van der Waals surface area contributed by atoms with Crippen molar-refractivity contribution in [1.29, 1.82) is 0 Å². The second-order valence-corrected chi connectivity index (χ2v) is 5.17. The highest BCUT2D eigenvalue weighted by molar-refractivity contribution is 4.58. The molecule has 1 atom stereocenters. The van der Waals surface area contributed by atoms with E-state index in [-0.39, 0.29) is 5.92 Å². The molecule has 0 N–H and O–H groups in total. The molecule has 3 heteroatoms. The molecule has 0 aliphatic heterocycles. The molecule has 104 valence electrons. The highest BCUT2D eigenvalue weighted by atomic mass is 19.4. The van der Waals surface area contributed by atoms with Crippen LogP contribution in [0.4, 0.5) is 13.2 Å². The molecule has 0 bridgehead atoms. The maximum Gasteiger partial charge on any atom is 0.389 e. The van der Waals surface area contributed by atoms with E-state index in [4.69, 9.17) is 0 Å². The third-order valence-electron chi connectivity index (χ3n) is 3.22. The highest BCUT2D eigenvalue weighted by Gasteiger charge is 2.27. The van der Waals surface area contributed by atoms with E-state index < -0.39 is 12.6 Å². The van der Waals surface area contributed by atoms with E-state index in [1.807, 2.05) is 6.92 Å². The van der Waals surface area contributed by atoms with Crippen molar-refractivity contribution in [1.82, 2.24) is 0 Å². The highest BCUT2D eigenvalue weighted by Crippen LogP contribution is 2.26. The molecule has 0 aliphatic carbocycles. The minimum absolute atomic E-state index is 0.215. The summed E-state index contributed by atoms with van der Waals surface area (Å²) in [5, 5.41) is 0. The summed E-state index contributed by atoms with van der Waals surface area (Å²) < 4.78 is 35.9. The first-order valence-electron chi connectivity index (χ1n) is 7.02. The van der Waals surface area contributed by atoms with Crippen molar-refractivity contribution in [2.24, 2.45) is 5.92 Å². The predicted octanol–water partition coefficient (Wildman–Crippen LogP) is 6.11. The van der Waals surface area contributed by atoms with Crippen LogP contribution in [-0.4, -0.2) is 6.18 Å². The second-order valence-electron chi connectivity index (χ2n) is 5.17. The first-order chi connectivity index (χ1) is 7.95. The smallest absolute Gasteiger partial charge is 0.171 e. The van der Waals surface area contributed by atoms with Crippen LogP contribution in [0.15, 0.2) is 0 Å². The average Bonchev–Trinajstić information content (AvgIpc) is 2.24. The molecule has 0 aliphatic rings. The van der Waals surface area contributed by atoms with E-state index in [2.05, 4.69) is 6.92 Å². The molecule has 0 nitrogen and oxygen atoms in total. The van der Waals surface area contributed by atoms with Gasteiger partial charge in [-0.1, -0.05) is 65.2 Å². The van der Waals surface area contributed by atoms with Crippen LogP contribution in [0.2, 0.25) is 0 Å². The molecule has 17 heavy (non-hydrogen) atoms. The van der Waals surface area contributed by atoms with Crippen LogP contribution in [0, 0.1) is 5.92 Å². The standard InChI is InChI=1S/C14H27F3/c1-3-4-5-6-7-8-9-10-13(2)11-12-14(15,16)17/h13H,3-12H2,1-2H3. The van der Waals surface area contributed by atoms with E-state index >= 15 is 0 Å². The number of alkyl halides is 3. The van der Waals surface area contributed by atoms with Crippen LogP contribution in [0.5, 0.6) is 0 Å². The Kier molecular flexibility index (Phi) is 9.66. The fourth-order valence-electron chi connectivity index (χ4n) is 2.00. The van der Waals surface area contributed by atoms with Gasteiger partial charge in [-0.25, -0.2) is 0 Å². The summed E-state index contributed by atoms with van der Waals surface area (Å²) in [4.78, 5) is 0. The Morgan fingerprint density at radius 2 is 1.35 bits per heavy atom. The van der Waals surface area contributed by atoms with Gasteiger partial charge in [0.25, 0.3) is 0 Å². The Morgan fingerprint density at radius 3 is 1.88 bits per heavy atom. The largest absolute Gasteiger partial charge is 0.389 e. The van der Waals surface area contributed by atoms with Crippen LogP contribution in [0.1, 0.15) is 78.1 Å². The predicted molar refractivity (Wildman–Crippen MR) is 67.1 cm³/mol. The molecule has 0 aromatic rings. The molecule has 0 radical (unpaired) electrons. The van der Waals surface area contributed by atoms with Gasteiger partial charge in [-0.15, -0.1) is 0 Å². The Hall–Kier alpha value is -0.210. The van der Waals surface area contributed by atoms with Gasteiger partial charge in [0.2, 0.25) is 0 Å². The van der Waals surface area contributed by atoms with E-state index in [0.29, 0.717) is 6.42 Å². The fourth-order valence-corrected chi connectivity index (χ4v) is 2.00. The molecule has 0 heterocycles. The Bertz CT molecular complexity index is 163. The quantitative estimate of drug-likeness (QED) is 0.412. The summed E-state index contributed by atoms with van der Waals surface area (Å²) in [6, 6.07) is 0. The Labute approximate surface area is 104 Å². The van der Waals surface area contributed by atoms with Crippen molar-refractivity contribution < 1.29 is 13.2 Å². The first kappa shape index (κ1) is 16.8. The number of hydrogen-bond donors (Lipinski definition) is 0. The molecule has 0 spiro atoms. The first-order valence-corrected chi connectivity index (χ1v) is 7.02. The lowest BCUT2D eigenvalue weighted by molar-refractivity contribution is -0.137. The van der Waals surface area contributed by atoms with Gasteiger partial charge in [0.15, 0.2) is 0 Å². The fraction of sp³-hybridized carbons (Fsp3) is 1.00. The second kappa shape index (κ2) is 9.78. The van der Waals surface area contributed by atoms with Crippen molar-refractivity contribution in [3.63, 3.8) is 0 Å². The molecule has 0 saturated carbocycles.